The van der Waals surface area contributed by atoms with Crippen molar-refractivity contribution in [1.29, 1.82) is 0 Å². The normalized spacial score (nSPS) is 25.4. The second kappa shape index (κ2) is 4.72. The van der Waals surface area contributed by atoms with E-state index in [1.54, 1.807) is 13.8 Å². The Hall–Kier alpha value is -0.610. The van der Waals surface area contributed by atoms with E-state index in [1.807, 2.05) is 0 Å². The van der Waals surface area contributed by atoms with Crippen molar-refractivity contribution in [3.8, 4) is 0 Å². The Balaban J connectivity index is 2.41. The molecule has 1 aliphatic heterocycles. The van der Waals surface area contributed by atoms with Crippen LogP contribution in [-0.2, 0) is 9.53 Å². The van der Waals surface area contributed by atoms with Gasteiger partial charge in [-0.3, -0.25) is 4.79 Å². The van der Waals surface area contributed by atoms with Crippen molar-refractivity contribution in [3.05, 3.63) is 0 Å². The van der Waals surface area contributed by atoms with Crippen LogP contribution in [-0.4, -0.2) is 35.9 Å². The Labute approximate surface area is 97.4 Å². The van der Waals surface area contributed by atoms with Crippen LogP contribution in [0.2, 0.25) is 0 Å². The summed E-state index contributed by atoms with van der Waals surface area (Å²) in [6.45, 7) is 8.88. The molecule has 0 bridgehead atoms. The molecule has 94 valence electrons. The summed E-state index contributed by atoms with van der Waals surface area (Å²) in [5.74, 6) is -0.758. The van der Waals surface area contributed by atoms with Gasteiger partial charge in [-0.15, -0.1) is 0 Å². The minimum atomic E-state index is -0.758. The molecular formula is C12H23NO3. The van der Waals surface area contributed by atoms with Crippen LogP contribution in [0.25, 0.3) is 0 Å². The van der Waals surface area contributed by atoms with Crippen molar-refractivity contribution >= 4 is 5.97 Å². The van der Waals surface area contributed by atoms with Crippen molar-refractivity contribution < 1.29 is 14.6 Å². The molecule has 4 nitrogen and oxygen atoms in total. The summed E-state index contributed by atoms with van der Waals surface area (Å²) in [4.78, 5) is 11.0. The topological polar surface area (TPSA) is 58.6 Å². The standard InChI is InChI=1S/C12H23NO3/c1-11(2,10(14)15)8-13-9-5-6-16-12(3,4)7-9/h9,13H,5-8H2,1-4H3,(H,14,15). The van der Waals surface area contributed by atoms with E-state index in [0.29, 0.717) is 12.6 Å². The summed E-state index contributed by atoms with van der Waals surface area (Å²) in [5.41, 5.74) is -0.800. The maximum atomic E-state index is 11.0. The van der Waals surface area contributed by atoms with Crippen molar-refractivity contribution in [2.75, 3.05) is 13.2 Å². The molecule has 1 aliphatic rings. The molecule has 1 saturated heterocycles. The van der Waals surface area contributed by atoms with Gasteiger partial charge in [-0.2, -0.15) is 0 Å². The number of aliphatic carboxylic acids is 1. The zero-order valence-corrected chi connectivity index (χ0v) is 10.7. The van der Waals surface area contributed by atoms with Gasteiger partial charge in [0.1, 0.15) is 0 Å². The van der Waals surface area contributed by atoms with Gasteiger partial charge in [0.25, 0.3) is 0 Å². The Bertz CT molecular complexity index is 261. The molecule has 4 heteroatoms. The molecule has 0 saturated carbocycles. The lowest BCUT2D eigenvalue weighted by Crippen LogP contribution is -2.47. The zero-order chi connectivity index (χ0) is 12.4. The number of hydrogen-bond acceptors (Lipinski definition) is 3. The molecule has 2 N–H and O–H groups in total. The summed E-state index contributed by atoms with van der Waals surface area (Å²) in [6, 6.07) is 0.363. The van der Waals surface area contributed by atoms with Gasteiger partial charge in [0.15, 0.2) is 0 Å². The number of carboxylic acids is 1. The highest BCUT2D eigenvalue weighted by Gasteiger charge is 2.32. The Kier molecular flexibility index (Phi) is 3.97. The van der Waals surface area contributed by atoms with E-state index in [1.165, 1.54) is 0 Å². The number of rotatable bonds is 4. The molecule has 0 aliphatic carbocycles. The van der Waals surface area contributed by atoms with Gasteiger partial charge in [-0.1, -0.05) is 0 Å². The molecule has 1 unspecified atom stereocenters. The van der Waals surface area contributed by atoms with Crippen LogP contribution in [0.4, 0.5) is 0 Å². The molecule has 1 fully saturated rings. The fourth-order valence-electron chi connectivity index (χ4n) is 1.88. The molecular weight excluding hydrogens is 206 g/mol. The first kappa shape index (κ1) is 13.5. The maximum absolute atomic E-state index is 11.0. The number of ether oxygens (including phenoxy) is 1. The fraction of sp³-hybridized carbons (Fsp3) is 0.917. The molecule has 1 atom stereocenters. The third kappa shape index (κ3) is 3.76. The van der Waals surface area contributed by atoms with Gasteiger partial charge < -0.3 is 15.2 Å². The SMILES string of the molecule is CC1(C)CC(NCC(C)(C)C(=O)O)CCO1. The van der Waals surface area contributed by atoms with Crippen LogP contribution >= 0.6 is 0 Å². The Morgan fingerprint density at radius 3 is 2.69 bits per heavy atom. The number of carbonyl (C=O) groups is 1. The quantitative estimate of drug-likeness (QED) is 0.769. The fourth-order valence-corrected chi connectivity index (χ4v) is 1.88. The lowest BCUT2D eigenvalue weighted by atomic mass is 9.90. The first-order valence-corrected chi connectivity index (χ1v) is 5.84. The van der Waals surface area contributed by atoms with Crippen LogP contribution in [0.5, 0.6) is 0 Å². The summed E-state index contributed by atoms with van der Waals surface area (Å²) >= 11 is 0. The van der Waals surface area contributed by atoms with E-state index < -0.39 is 11.4 Å². The predicted molar refractivity (Wildman–Crippen MR) is 62.5 cm³/mol. The molecule has 16 heavy (non-hydrogen) atoms. The summed E-state index contributed by atoms with van der Waals surface area (Å²) in [7, 11) is 0. The summed E-state index contributed by atoms with van der Waals surface area (Å²) in [6.07, 6.45) is 1.89. The largest absolute Gasteiger partial charge is 0.481 e. The van der Waals surface area contributed by atoms with E-state index in [2.05, 4.69) is 19.2 Å². The minimum absolute atomic E-state index is 0.0940. The number of hydrogen-bond donors (Lipinski definition) is 2. The molecule has 1 rings (SSSR count). The predicted octanol–water partition coefficient (Wildman–Crippen LogP) is 1.64. The second-order valence-electron chi connectivity index (χ2n) is 5.87. The van der Waals surface area contributed by atoms with Gasteiger partial charge in [-0.05, 0) is 40.5 Å². The molecule has 0 radical (unpaired) electrons. The summed E-state index contributed by atoms with van der Waals surface area (Å²) in [5, 5.41) is 12.3. The first-order chi connectivity index (χ1) is 7.23. The van der Waals surface area contributed by atoms with E-state index in [0.717, 1.165) is 19.4 Å². The van der Waals surface area contributed by atoms with Gasteiger partial charge in [0, 0.05) is 19.2 Å². The van der Waals surface area contributed by atoms with Gasteiger partial charge in [0.2, 0.25) is 0 Å². The van der Waals surface area contributed by atoms with Crippen LogP contribution in [0, 0.1) is 5.41 Å². The third-order valence-corrected chi connectivity index (χ3v) is 3.11. The zero-order valence-electron chi connectivity index (χ0n) is 10.7. The smallest absolute Gasteiger partial charge is 0.310 e. The molecule has 0 amide bonds. The van der Waals surface area contributed by atoms with Crippen molar-refractivity contribution in [1.82, 2.24) is 5.32 Å². The summed E-state index contributed by atoms with van der Waals surface area (Å²) < 4.78 is 5.62. The number of nitrogens with one attached hydrogen (secondary N) is 1. The van der Waals surface area contributed by atoms with Crippen molar-refractivity contribution in [2.45, 2.75) is 52.2 Å². The average Bonchev–Trinajstić information content (AvgIpc) is 2.13. The first-order valence-electron chi connectivity index (χ1n) is 5.84. The van der Waals surface area contributed by atoms with E-state index in [9.17, 15) is 4.79 Å². The monoisotopic (exact) mass is 229 g/mol. The van der Waals surface area contributed by atoms with Crippen LogP contribution in [0.1, 0.15) is 40.5 Å². The lowest BCUT2D eigenvalue weighted by molar-refractivity contribution is -0.146. The van der Waals surface area contributed by atoms with Crippen molar-refractivity contribution in [2.24, 2.45) is 5.41 Å². The van der Waals surface area contributed by atoms with Crippen molar-refractivity contribution in [3.63, 3.8) is 0 Å². The highest BCUT2D eigenvalue weighted by atomic mass is 16.5. The highest BCUT2D eigenvalue weighted by molar-refractivity contribution is 5.73. The van der Waals surface area contributed by atoms with Crippen LogP contribution in [0.15, 0.2) is 0 Å². The van der Waals surface area contributed by atoms with Crippen LogP contribution in [0.3, 0.4) is 0 Å². The lowest BCUT2D eigenvalue weighted by Gasteiger charge is -2.37. The molecule has 0 aromatic rings. The Morgan fingerprint density at radius 1 is 1.56 bits per heavy atom. The number of carboxylic acid groups (broad SMARTS) is 1. The van der Waals surface area contributed by atoms with Crippen LogP contribution < -0.4 is 5.32 Å². The molecule has 0 aromatic carbocycles. The van der Waals surface area contributed by atoms with Gasteiger partial charge >= 0.3 is 5.97 Å². The molecule has 0 spiro atoms. The molecule has 0 aromatic heterocycles. The minimum Gasteiger partial charge on any atom is -0.481 e. The van der Waals surface area contributed by atoms with Gasteiger partial charge in [-0.25, -0.2) is 0 Å². The van der Waals surface area contributed by atoms with E-state index >= 15 is 0 Å². The molecule has 1 heterocycles. The highest BCUT2D eigenvalue weighted by Crippen LogP contribution is 2.24. The Morgan fingerprint density at radius 2 is 2.19 bits per heavy atom. The second-order valence-corrected chi connectivity index (χ2v) is 5.87. The van der Waals surface area contributed by atoms with Gasteiger partial charge in [0.05, 0.1) is 11.0 Å². The van der Waals surface area contributed by atoms with E-state index in [-0.39, 0.29) is 5.60 Å². The average molecular weight is 229 g/mol. The maximum Gasteiger partial charge on any atom is 0.310 e. The third-order valence-electron chi connectivity index (χ3n) is 3.11. The van der Waals surface area contributed by atoms with E-state index in [4.69, 9.17) is 9.84 Å².